The molecule has 0 unspecified atom stereocenters. The van der Waals surface area contributed by atoms with Gasteiger partial charge in [-0.15, -0.1) is 0 Å². The highest BCUT2D eigenvalue weighted by Crippen LogP contribution is 2.15. The maximum atomic E-state index is 5.16. The van der Waals surface area contributed by atoms with E-state index in [-0.39, 0.29) is 0 Å². The topological polar surface area (TPSA) is 18.5 Å². The van der Waals surface area contributed by atoms with Crippen molar-refractivity contribution in [2.45, 2.75) is 26.1 Å². The Morgan fingerprint density at radius 2 is 0.654 bits per heavy atom. The van der Waals surface area contributed by atoms with Crippen molar-refractivity contribution < 1.29 is 9.47 Å². The Kier molecular flexibility index (Phi) is 6.59. The molecule has 0 aliphatic carbocycles. The Morgan fingerprint density at radius 1 is 0.423 bits per heavy atom. The Morgan fingerprint density at radius 3 is 0.885 bits per heavy atom. The van der Waals surface area contributed by atoms with E-state index in [4.69, 9.17) is 9.47 Å². The maximum absolute atomic E-state index is 5.16. The number of hydrogen-bond donors (Lipinski definition) is 0. The molecule has 3 aromatic carbocycles. The van der Waals surface area contributed by atoms with E-state index < -0.39 is 0 Å². The SMILES string of the molecule is COCc1ccc(Cc2ccc(Cc3ccc(COC)cc3)cc2)cc1. The van der Waals surface area contributed by atoms with Crippen LogP contribution in [0.4, 0.5) is 0 Å². The molecule has 0 bridgehead atoms. The smallest absolute Gasteiger partial charge is 0.0713 e. The minimum atomic E-state index is 0.668. The molecule has 0 fully saturated rings. The van der Waals surface area contributed by atoms with E-state index in [9.17, 15) is 0 Å². The molecule has 0 aliphatic heterocycles. The van der Waals surface area contributed by atoms with Crippen molar-refractivity contribution in [2.24, 2.45) is 0 Å². The van der Waals surface area contributed by atoms with Crippen LogP contribution in [0.2, 0.25) is 0 Å². The summed E-state index contributed by atoms with van der Waals surface area (Å²) in [6.45, 7) is 1.34. The zero-order chi connectivity index (χ0) is 18.2. The van der Waals surface area contributed by atoms with E-state index in [1.165, 1.54) is 33.4 Å². The van der Waals surface area contributed by atoms with Crippen LogP contribution in [0.15, 0.2) is 72.8 Å². The lowest BCUT2D eigenvalue weighted by atomic mass is 9.99. The highest BCUT2D eigenvalue weighted by molar-refractivity contribution is 5.33. The summed E-state index contributed by atoms with van der Waals surface area (Å²) in [6.07, 6.45) is 1.92. The van der Waals surface area contributed by atoms with Crippen LogP contribution in [0.3, 0.4) is 0 Å². The lowest BCUT2D eigenvalue weighted by Crippen LogP contribution is -1.93. The highest BCUT2D eigenvalue weighted by Gasteiger charge is 2.01. The van der Waals surface area contributed by atoms with Crippen molar-refractivity contribution >= 4 is 0 Å². The molecule has 0 spiro atoms. The van der Waals surface area contributed by atoms with Gasteiger partial charge in [0.15, 0.2) is 0 Å². The minimum absolute atomic E-state index is 0.668. The zero-order valence-electron chi connectivity index (χ0n) is 15.6. The lowest BCUT2D eigenvalue weighted by Gasteiger charge is -2.07. The van der Waals surface area contributed by atoms with Gasteiger partial charge in [-0.1, -0.05) is 72.8 Å². The van der Waals surface area contributed by atoms with Crippen LogP contribution in [0.25, 0.3) is 0 Å². The molecule has 0 amide bonds. The second kappa shape index (κ2) is 9.33. The Bertz CT molecular complexity index is 717. The van der Waals surface area contributed by atoms with E-state index >= 15 is 0 Å². The molecule has 0 atom stereocenters. The first-order chi connectivity index (χ1) is 12.8. The summed E-state index contributed by atoms with van der Waals surface area (Å²) >= 11 is 0. The fourth-order valence-electron chi connectivity index (χ4n) is 3.09. The van der Waals surface area contributed by atoms with Crippen molar-refractivity contribution in [2.75, 3.05) is 14.2 Å². The molecule has 0 aromatic heterocycles. The first kappa shape index (κ1) is 18.4. The van der Waals surface area contributed by atoms with Gasteiger partial charge in [-0.3, -0.25) is 0 Å². The predicted molar refractivity (Wildman–Crippen MR) is 106 cm³/mol. The largest absolute Gasteiger partial charge is 0.380 e. The first-order valence-corrected chi connectivity index (χ1v) is 8.98. The maximum Gasteiger partial charge on any atom is 0.0713 e. The summed E-state index contributed by atoms with van der Waals surface area (Å²) in [7, 11) is 3.45. The summed E-state index contributed by atoms with van der Waals surface area (Å²) < 4.78 is 10.3. The van der Waals surface area contributed by atoms with Crippen LogP contribution in [0.1, 0.15) is 33.4 Å². The van der Waals surface area contributed by atoms with Crippen molar-refractivity contribution in [1.29, 1.82) is 0 Å². The monoisotopic (exact) mass is 346 g/mol. The molecular formula is C24H26O2. The summed E-state index contributed by atoms with van der Waals surface area (Å²) in [5, 5.41) is 0. The molecule has 2 nitrogen and oxygen atoms in total. The third-order valence-electron chi connectivity index (χ3n) is 4.51. The second-order valence-corrected chi connectivity index (χ2v) is 6.67. The van der Waals surface area contributed by atoms with Gasteiger partial charge in [-0.05, 0) is 46.2 Å². The molecule has 0 saturated heterocycles. The third kappa shape index (κ3) is 5.29. The van der Waals surface area contributed by atoms with Gasteiger partial charge < -0.3 is 9.47 Å². The van der Waals surface area contributed by atoms with Crippen LogP contribution in [-0.2, 0) is 35.5 Å². The summed E-state index contributed by atoms with van der Waals surface area (Å²) in [5.41, 5.74) is 7.75. The number of methoxy groups -OCH3 is 2. The van der Waals surface area contributed by atoms with Gasteiger partial charge in [0.25, 0.3) is 0 Å². The average molecular weight is 346 g/mol. The van der Waals surface area contributed by atoms with Crippen molar-refractivity contribution in [3.63, 3.8) is 0 Å². The number of hydrogen-bond acceptors (Lipinski definition) is 2. The molecular weight excluding hydrogens is 320 g/mol. The van der Waals surface area contributed by atoms with Gasteiger partial charge in [-0.25, -0.2) is 0 Å². The first-order valence-electron chi connectivity index (χ1n) is 8.98. The van der Waals surface area contributed by atoms with Crippen LogP contribution < -0.4 is 0 Å². The normalized spacial score (nSPS) is 10.8. The van der Waals surface area contributed by atoms with Gasteiger partial charge in [0.1, 0.15) is 0 Å². The van der Waals surface area contributed by atoms with E-state index in [1.54, 1.807) is 14.2 Å². The van der Waals surface area contributed by atoms with Crippen LogP contribution in [0, 0.1) is 0 Å². The number of benzene rings is 3. The van der Waals surface area contributed by atoms with E-state index in [0.29, 0.717) is 13.2 Å². The van der Waals surface area contributed by atoms with Crippen LogP contribution in [0.5, 0.6) is 0 Å². The van der Waals surface area contributed by atoms with Gasteiger partial charge >= 0.3 is 0 Å². The van der Waals surface area contributed by atoms with Gasteiger partial charge in [-0.2, -0.15) is 0 Å². The van der Waals surface area contributed by atoms with E-state index in [0.717, 1.165) is 12.8 Å². The standard InChI is InChI=1S/C24H26O2/c1-25-17-23-11-7-21(8-12-23)15-19-3-5-20(6-4-19)16-22-9-13-24(14-10-22)18-26-2/h3-14H,15-18H2,1-2H3. The summed E-state index contributed by atoms with van der Waals surface area (Å²) in [6, 6.07) is 26.2. The van der Waals surface area contributed by atoms with E-state index in [2.05, 4.69) is 72.8 Å². The molecule has 0 N–H and O–H groups in total. The molecule has 3 rings (SSSR count). The van der Waals surface area contributed by atoms with Gasteiger partial charge in [0.2, 0.25) is 0 Å². The Balaban J connectivity index is 1.59. The molecule has 0 aliphatic rings. The molecule has 134 valence electrons. The molecule has 0 saturated carbocycles. The highest BCUT2D eigenvalue weighted by atomic mass is 16.5. The predicted octanol–water partition coefficient (Wildman–Crippen LogP) is 5.16. The molecule has 26 heavy (non-hydrogen) atoms. The van der Waals surface area contributed by atoms with E-state index in [1.807, 2.05) is 0 Å². The lowest BCUT2D eigenvalue weighted by molar-refractivity contribution is 0.185. The molecule has 0 radical (unpaired) electrons. The van der Waals surface area contributed by atoms with Gasteiger partial charge in [0.05, 0.1) is 13.2 Å². The zero-order valence-corrected chi connectivity index (χ0v) is 15.6. The summed E-state index contributed by atoms with van der Waals surface area (Å²) in [4.78, 5) is 0. The number of ether oxygens (including phenoxy) is 2. The Hall–Kier alpha value is -2.42. The fraction of sp³-hybridized carbons (Fsp3) is 0.250. The average Bonchev–Trinajstić information content (AvgIpc) is 2.67. The van der Waals surface area contributed by atoms with Gasteiger partial charge in [0, 0.05) is 14.2 Å². The molecule has 0 heterocycles. The Labute approximate surface area is 156 Å². The summed E-state index contributed by atoms with van der Waals surface area (Å²) in [5.74, 6) is 0. The quantitative estimate of drug-likeness (QED) is 0.561. The molecule has 2 heteroatoms. The third-order valence-corrected chi connectivity index (χ3v) is 4.51. The van der Waals surface area contributed by atoms with Crippen LogP contribution in [-0.4, -0.2) is 14.2 Å². The van der Waals surface area contributed by atoms with Crippen LogP contribution >= 0.6 is 0 Å². The van der Waals surface area contributed by atoms with Crippen molar-refractivity contribution in [3.8, 4) is 0 Å². The van der Waals surface area contributed by atoms with Crippen molar-refractivity contribution in [3.05, 3.63) is 106 Å². The second-order valence-electron chi connectivity index (χ2n) is 6.67. The minimum Gasteiger partial charge on any atom is -0.380 e. The fourth-order valence-corrected chi connectivity index (χ4v) is 3.09. The molecule has 3 aromatic rings. The number of rotatable bonds is 8. The van der Waals surface area contributed by atoms with Crippen molar-refractivity contribution in [1.82, 2.24) is 0 Å².